The normalized spacial score (nSPS) is 16.2. The van der Waals surface area contributed by atoms with E-state index in [0.717, 1.165) is 11.1 Å². The van der Waals surface area contributed by atoms with E-state index in [-0.39, 0.29) is 36.9 Å². The molecule has 182 valence electrons. The van der Waals surface area contributed by atoms with E-state index in [1.54, 1.807) is 30.5 Å². The highest BCUT2D eigenvalue weighted by Crippen LogP contribution is 2.35. The molecule has 3 heterocycles. The van der Waals surface area contributed by atoms with E-state index in [9.17, 15) is 19.7 Å². The summed E-state index contributed by atoms with van der Waals surface area (Å²) in [4.78, 5) is 47.2. The Morgan fingerprint density at radius 2 is 2.03 bits per heavy atom. The molecule has 0 fully saturated rings. The van der Waals surface area contributed by atoms with Crippen LogP contribution in [0.5, 0.6) is 0 Å². The van der Waals surface area contributed by atoms with Gasteiger partial charge in [-0.2, -0.15) is 0 Å². The first-order valence-electron chi connectivity index (χ1n) is 11.2. The first-order valence-corrected chi connectivity index (χ1v) is 12.2. The summed E-state index contributed by atoms with van der Waals surface area (Å²) in [5.74, 6) is 1.10. The van der Waals surface area contributed by atoms with Crippen LogP contribution in [0.3, 0.4) is 0 Å². The molecule has 2 amide bonds. The van der Waals surface area contributed by atoms with Crippen molar-refractivity contribution in [2.45, 2.75) is 31.2 Å². The van der Waals surface area contributed by atoms with E-state index in [0.29, 0.717) is 28.2 Å². The van der Waals surface area contributed by atoms with Gasteiger partial charge in [0.2, 0.25) is 5.91 Å². The van der Waals surface area contributed by atoms with Crippen LogP contribution in [0.2, 0.25) is 0 Å². The zero-order chi connectivity index (χ0) is 25.1. The molecule has 11 heteroatoms. The number of nitrogens with one attached hydrogen (secondary N) is 1. The lowest BCUT2D eigenvalue weighted by molar-refractivity contribution is -0.384. The molecule has 1 atom stereocenters. The number of hydrogen-bond acceptors (Lipinski definition) is 8. The molecule has 2 aliphatic rings. The average molecular weight is 504 g/mol. The number of carbonyl (C=O) groups excluding carboxylic acids is 2. The number of amidine groups is 2. The van der Waals surface area contributed by atoms with Crippen molar-refractivity contribution in [3.05, 3.63) is 93.9 Å². The zero-order valence-electron chi connectivity index (χ0n) is 19.0. The maximum Gasteiger partial charge on any atom is 0.269 e. The lowest BCUT2D eigenvalue weighted by Crippen LogP contribution is -2.41. The molecular weight excluding hydrogens is 482 g/mol. The highest BCUT2D eigenvalue weighted by molar-refractivity contribution is 8.13. The Morgan fingerprint density at radius 3 is 2.83 bits per heavy atom. The molecule has 36 heavy (non-hydrogen) atoms. The predicted molar refractivity (Wildman–Crippen MR) is 135 cm³/mol. The van der Waals surface area contributed by atoms with Crippen LogP contribution in [0.15, 0.2) is 81.3 Å². The van der Waals surface area contributed by atoms with Gasteiger partial charge in [0, 0.05) is 29.9 Å². The van der Waals surface area contributed by atoms with Crippen molar-refractivity contribution < 1.29 is 18.9 Å². The van der Waals surface area contributed by atoms with E-state index < -0.39 is 11.0 Å². The van der Waals surface area contributed by atoms with Crippen molar-refractivity contribution in [1.82, 2.24) is 10.2 Å². The number of nitro benzene ring substituents is 1. The van der Waals surface area contributed by atoms with Gasteiger partial charge in [-0.25, -0.2) is 9.89 Å². The Bertz CT molecular complexity index is 1380. The SMILES string of the molecule is O=C(CC[C@H]1N=C2c3ccccc3N=C(SCc3cccc([N+](=O)[O-])c3)N2C1=O)NCc1ccco1. The van der Waals surface area contributed by atoms with Crippen LogP contribution < -0.4 is 5.32 Å². The number of furan rings is 1. The second kappa shape index (κ2) is 10.2. The van der Waals surface area contributed by atoms with Crippen LogP contribution in [0, 0.1) is 10.1 Å². The molecule has 0 radical (unpaired) electrons. The molecule has 10 nitrogen and oxygen atoms in total. The van der Waals surface area contributed by atoms with Gasteiger partial charge in [-0.05, 0) is 36.2 Å². The molecule has 0 aliphatic carbocycles. The Morgan fingerprint density at radius 1 is 1.17 bits per heavy atom. The Kier molecular flexibility index (Phi) is 6.63. The van der Waals surface area contributed by atoms with Crippen molar-refractivity contribution in [3.63, 3.8) is 0 Å². The van der Waals surface area contributed by atoms with E-state index in [4.69, 9.17) is 4.42 Å². The maximum absolute atomic E-state index is 13.4. The van der Waals surface area contributed by atoms with Crippen molar-refractivity contribution >= 4 is 46.0 Å². The molecule has 3 aromatic rings. The minimum Gasteiger partial charge on any atom is -0.467 e. The van der Waals surface area contributed by atoms with Crippen LogP contribution in [0.4, 0.5) is 11.4 Å². The summed E-state index contributed by atoms with van der Waals surface area (Å²) in [6, 6.07) is 16.6. The molecule has 0 spiro atoms. The molecule has 0 saturated heterocycles. The third-order valence-corrected chi connectivity index (χ3v) is 6.73. The van der Waals surface area contributed by atoms with E-state index in [2.05, 4.69) is 15.3 Å². The van der Waals surface area contributed by atoms with Crippen molar-refractivity contribution in [1.29, 1.82) is 0 Å². The van der Waals surface area contributed by atoms with Crippen LogP contribution >= 0.6 is 11.8 Å². The molecule has 0 bridgehead atoms. The predicted octanol–water partition coefficient (Wildman–Crippen LogP) is 4.18. The fourth-order valence-electron chi connectivity index (χ4n) is 3.95. The number of rotatable bonds is 8. The summed E-state index contributed by atoms with van der Waals surface area (Å²) < 4.78 is 5.22. The van der Waals surface area contributed by atoms with E-state index >= 15 is 0 Å². The summed E-state index contributed by atoms with van der Waals surface area (Å²) >= 11 is 1.31. The second-order valence-electron chi connectivity index (χ2n) is 8.16. The zero-order valence-corrected chi connectivity index (χ0v) is 19.8. The van der Waals surface area contributed by atoms with Crippen LogP contribution in [0.25, 0.3) is 0 Å². The summed E-state index contributed by atoms with van der Waals surface area (Å²) in [5, 5.41) is 14.3. The molecule has 2 aromatic carbocycles. The van der Waals surface area contributed by atoms with Crippen LogP contribution in [-0.4, -0.2) is 38.7 Å². The Balaban J connectivity index is 1.30. The lowest BCUT2D eigenvalue weighted by Gasteiger charge is -2.25. The fourth-order valence-corrected chi connectivity index (χ4v) is 4.89. The molecule has 5 rings (SSSR count). The molecule has 1 aromatic heterocycles. The van der Waals surface area contributed by atoms with Gasteiger partial charge in [-0.15, -0.1) is 0 Å². The number of carbonyl (C=O) groups is 2. The maximum atomic E-state index is 13.4. The van der Waals surface area contributed by atoms with E-state index in [1.165, 1.54) is 28.8 Å². The van der Waals surface area contributed by atoms with Crippen LogP contribution in [-0.2, 0) is 21.9 Å². The Hall–Kier alpha value is -4.25. The minimum absolute atomic E-state index is 0.00826. The number of aliphatic imine (C=N–C) groups is 2. The van der Waals surface area contributed by atoms with Crippen LogP contribution in [0.1, 0.15) is 29.7 Å². The molecule has 2 aliphatic heterocycles. The quantitative estimate of drug-likeness (QED) is 0.363. The molecule has 0 saturated carbocycles. The lowest BCUT2D eigenvalue weighted by atomic mass is 10.1. The fraction of sp³-hybridized carbons (Fsp3) is 0.200. The third kappa shape index (κ3) is 4.91. The first-order chi connectivity index (χ1) is 17.5. The Labute approximate surface area is 210 Å². The monoisotopic (exact) mass is 503 g/mol. The number of benzene rings is 2. The number of non-ortho nitro benzene ring substituents is 1. The van der Waals surface area contributed by atoms with Crippen molar-refractivity contribution in [2.24, 2.45) is 9.98 Å². The van der Waals surface area contributed by atoms with Gasteiger partial charge in [-0.1, -0.05) is 36.0 Å². The van der Waals surface area contributed by atoms with Gasteiger partial charge in [0.15, 0.2) is 5.17 Å². The third-order valence-electron chi connectivity index (χ3n) is 5.72. The molecular formula is C25H21N5O5S. The summed E-state index contributed by atoms with van der Waals surface area (Å²) in [7, 11) is 0. The van der Waals surface area contributed by atoms with Gasteiger partial charge < -0.3 is 9.73 Å². The summed E-state index contributed by atoms with van der Waals surface area (Å²) in [6.07, 6.45) is 1.93. The highest BCUT2D eigenvalue weighted by Gasteiger charge is 2.41. The number of nitro groups is 1. The molecule has 0 unspecified atom stereocenters. The standard InChI is InChI=1S/C25H21N5O5S/c31-22(26-14-18-7-4-12-35-18)11-10-21-24(32)29-23(27-21)19-8-1-2-9-20(19)28-25(29)36-15-16-5-3-6-17(13-16)30(33)34/h1-9,12-13,21H,10-11,14-15H2,(H,26,31)/t21-/m1/s1. The van der Waals surface area contributed by atoms with Gasteiger partial charge in [0.25, 0.3) is 11.6 Å². The van der Waals surface area contributed by atoms with Gasteiger partial charge in [-0.3, -0.25) is 24.7 Å². The average Bonchev–Trinajstić information content (AvgIpc) is 3.53. The van der Waals surface area contributed by atoms with Gasteiger partial charge in [0.05, 0.1) is 23.4 Å². The summed E-state index contributed by atoms with van der Waals surface area (Å²) in [5.41, 5.74) is 2.19. The number of fused-ring (bicyclic) bond motifs is 3. The number of hydrogen-bond donors (Lipinski definition) is 1. The van der Waals surface area contributed by atoms with Crippen molar-refractivity contribution in [3.8, 4) is 0 Å². The smallest absolute Gasteiger partial charge is 0.269 e. The highest BCUT2D eigenvalue weighted by atomic mass is 32.2. The van der Waals surface area contributed by atoms with Crippen molar-refractivity contribution in [2.75, 3.05) is 0 Å². The summed E-state index contributed by atoms with van der Waals surface area (Å²) in [6.45, 7) is 0.281. The van der Waals surface area contributed by atoms with Gasteiger partial charge in [0.1, 0.15) is 17.6 Å². The topological polar surface area (TPSA) is 130 Å². The first kappa shape index (κ1) is 23.5. The second-order valence-corrected chi connectivity index (χ2v) is 9.11. The van der Waals surface area contributed by atoms with E-state index in [1.807, 2.05) is 24.3 Å². The number of amides is 2. The number of nitrogens with zero attached hydrogens (tertiary/aromatic N) is 4. The number of para-hydroxylation sites is 1. The minimum atomic E-state index is -0.705. The number of thioether (sulfide) groups is 1. The largest absolute Gasteiger partial charge is 0.467 e. The molecule has 1 N–H and O–H groups in total. The van der Waals surface area contributed by atoms with Gasteiger partial charge >= 0.3 is 0 Å².